The maximum absolute atomic E-state index is 12.3. The molecule has 5 heteroatoms. The van der Waals surface area contributed by atoms with Gasteiger partial charge in [-0.2, -0.15) is 0 Å². The van der Waals surface area contributed by atoms with Crippen molar-refractivity contribution >= 4 is 11.7 Å². The van der Waals surface area contributed by atoms with Gasteiger partial charge in [0.25, 0.3) is 0 Å². The molecule has 0 saturated carbocycles. The number of hydrogen-bond acceptors (Lipinski definition) is 3. The Bertz CT molecular complexity index is 491. The Morgan fingerprint density at radius 3 is 2.52 bits per heavy atom. The first-order valence-electron chi connectivity index (χ1n) is 7.23. The number of hydrogen-bond donors (Lipinski definition) is 1. The fourth-order valence-corrected chi connectivity index (χ4v) is 2.28. The van der Waals surface area contributed by atoms with E-state index < -0.39 is 0 Å². The molecule has 0 unspecified atom stereocenters. The quantitative estimate of drug-likeness (QED) is 0.932. The second-order valence-electron chi connectivity index (χ2n) is 6.28. The predicted octanol–water partition coefficient (Wildman–Crippen LogP) is 2.82. The van der Waals surface area contributed by atoms with Crippen molar-refractivity contribution in [3.63, 3.8) is 0 Å². The molecule has 1 saturated heterocycles. The van der Waals surface area contributed by atoms with E-state index in [0.29, 0.717) is 19.8 Å². The summed E-state index contributed by atoms with van der Waals surface area (Å²) in [4.78, 5) is 13.9. The number of urea groups is 1. The van der Waals surface area contributed by atoms with Crippen molar-refractivity contribution in [3.8, 4) is 0 Å². The third kappa shape index (κ3) is 4.19. The van der Waals surface area contributed by atoms with Crippen LogP contribution in [0.2, 0.25) is 0 Å². The first-order valence-corrected chi connectivity index (χ1v) is 7.23. The van der Waals surface area contributed by atoms with Crippen LogP contribution in [0.5, 0.6) is 0 Å². The van der Waals surface area contributed by atoms with E-state index in [9.17, 15) is 4.79 Å². The van der Waals surface area contributed by atoms with Gasteiger partial charge in [-0.3, -0.25) is 0 Å². The summed E-state index contributed by atoms with van der Waals surface area (Å²) >= 11 is 0. The number of nitrogens with zero attached hydrogens (tertiary/aromatic N) is 1. The minimum atomic E-state index is -0.321. The molecular formula is C16H24N2O3. The summed E-state index contributed by atoms with van der Waals surface area (Å²) in [6, 6.07) is 7.72. The van der Waals surface area contributed by atoms with Gasteiger partial charge >= 0.3 is 6.03 Å². The van der Waals surface area contributed by atoms with Crippen LogP contribution in [0.25, 0.3) is 0 Å². The molecule has 1 heterocycles. The number of nitrogens with one attached hydrogen (secondary N) is 1. The van der Waals surface area contributed by atoms with Crippen molar-refractivity contribution in [2.24, 2.45) is 0 Å². The lowest BCUT2D eigenvalue weighted by Crippen LogP contribution is -2.38. The molecule has 0 atom stereocenters. The summed E-state index contributed by atoms with van der Waals surface area (Å²) in [5.74, 6) is 0. The summed E-state index contributed by atoms with van der Waals surface area (Å²) in [6.45, 7) is 7.98. The average molecular weight is 292 g/mol. The predicted molar refractivity (Wildman–Crippen MR) is 82.5 cm³/mol. The zero-order valence-corrected chi connectivity index (χ0v) is 13.2. The molecule has 1 aliphatic rings. The number of carbonyl (C=O) groups excluding carboxylic acids is 1. The SMILES string of the molecule is CN(CC1OCCO1)C(=O)Nc1ccccc1C(C)(C)C. The number of para-hydroxylation sites is 1. The number of likely N-dealkylation sites (N-methyl/N-ethyl adjacent to an activating group) is 1. The maximum atomic E-state index is 12.3. The first kappa shape index (κ1) is 15.8. The Morgan fingerprint density at radius 1 is 1.29 bits per heavy atom. The summed E-state index contributed by atoms with van der Waals surface area (Å²) in [5, 5.41) is 2.97. The van der Waals surface area contributed by atoms with Crippen molar-refractivity contribution in [1.29, 1.82) is 0 Å². The van der Waals surface area contributed by atoms with E-state index in [1.54, 1.807) is 11.9 Å². The lowest BCUT2D eigenvalue weighted by Gasteiger charge is -2.25. The molecule has 1 aromatic rings. The Kier molecular flexibility index (Phi) is 4.85. The number of benzene rings is 1. The van der Waals surface area contributed by atoms with Crippen LogP contribution < -0.4 is 5.32 Å². The number of ether oxygens (including phenoxy) is 2. The second kappa shape index (κ2) is 6.45. The Hall–Kier alpha value is -1.59. The summed E-state index contributed by atoms with van der Waals surface area (Å²) in [5.41, 5.74) is 1.93. The van der Waals surface area contributed by atoms with E-state index in [1.807, 2.05) is 24.3 Å². The molecule has 2 rings (SSSR count). The fraction of sp³-hybridized carbons (Fsp3) is 0.562. The normalized spacial score (nSPS) is 16.0. The maximum Gasteiger partial charge on any atom is 0.321 e. The van der Waals surface area contributed by atoms with Gasteiger partial charge in [-0.15, -0.1) is 0 Å². The smallest absolute Gasteiger partial charge is 0.321 e. The van der Waals surface area contributed by atoms with E-state index in [4.69, 9.17) is 9.47 Å². The van der Waals surface area contributed by atoms with Gasteiger partial charge in [-0.1, -0.05) is 39.0 Å². The average Bonchev–Trinajstić information content (AvgIpc) is 2.91. The highest BCUT2D eigenvalue weighted by atomic mass is 16.7. The molecule has 1 N–H and O–H groups in total. The number of anilines is 1. The van der Waals surface area contributed by atoms with E-state index in [0.717, 1.165) is 11.3 Å². The fourth-order valence-electron chi connectivity index (χ4n) is 2.28. The van der Waals surface area contributed by atoms with Crippen molar-refractivity contribution in [1.82, 2.24) is 4.90 Å². The Balaban J connectivity index is 2.02. The van der Waals surface area contributed by atoms with E-state index in [1.165, 1.54) is 0 Å². The molecule has 0 aromatic heterocycles. The van der Waals surface area contributed by atoms with Crippen LogP contribution in [0.4, 0.5) is 10.5 Å². The zero-order valence-electron chi connectivity index (χ0n) is 13.2. The summed E-state index contributed by atoms with van der Waals surface area (Å²) in [7, 11) is 1.74. The highest BCUT2D eigenvalue weighted by Crippen LogP contribution is 2.29. The number of carbonyl (C=O) groups is 1. The molecule has 1 aromatic carbocycles. The van der Waals surface area contributed by atoms with Gasteiger partial charge in [-0.25, -0.2) is 4.79 Å². The minimum Gasteiger partial charge on any atom is -0.348 e. The molecular weight excluding hydrogens is 268 g/mol. The highest BCUT2D eigenvalue weighted by Gasteiger charge is 2.22. The van der Waals surface area contributed by atoms with Gasteiger partial charge in [0.05, 0.1) is 19.8 Å². The molecule has 1 fully saturated rings. The molecule has 5 nitrogen and oxygen atoms in total. The van der Waals surface area contributed by atoms with Gasteiger partial charge in [-0.05, 0) is 17.0 Å². The molecule has 0 bridgehead atoms. The molecule has 0 radical (unpaired) electrons. The van der Waals surface area contributed by atoms with Gasteiger partial charge in [0.1, 0.15) is 0 Å². The molecule has 21 heavy (non-hydrogen) atoms. The minimum absolute atomic E-state index is 0.0277. The molecule has 2 amide bonds. The van der Waals surface area contributed by atoms with Crippen LogP contribution in [0.15, 0.2) is 24.3 Å². The lowest BCUT2D eigenvalue weighted by atomic mass is 9.86. The van der Waals surface area contributed by atoms with Crippen LogP contribution in [0.3, 0.4) is 0 Å². The Morgan fingerprint density at radius 2 is 1.90 bits per heavy atom. The third-order valence-corrected chi connectivity index (χ3v) is 3.44. The van der Waals surface area contributed by atoms with Crippen LogP contribution in [0.1, 0.15) is 26.3 Å². The molecule has 116 valence electrons. The van der Waals surface area contributed by atoms with Crippen LogP contribution in [-0.4, -0.2) is 44.0 Å². The van der Waals surface area contributed by atoms with Crippen molar-refractivity contribution in [2.75, 3.05) is 32.1 Å². The van der Waals surface area contributed by atoms with Gasteiger partial charge in [0.2, 0.25) is 0 Å². The number of amides is 2. The van der Waals surface area contributed by atoms with Crippen molar-refractivity contribution in [2.45, 2.75) is 32.5 Å². The third-order valence-electron chi connectivity index (χ3n) is 3.44. The molecule has 1 aliphatic heterocycles. The summed E-state index contributed by atoms with van der Waals surface area (Å²) < 4.78 is 10.7. The van der Waals surface area contributed by atoms with Gasteiger partial charge in [0, 0.05) is 12.7 Å². The zero-order chi connectivity index (χ0) is 15.5. The van der Waals surface area contributed by atoms with Crippen LogP contribution in [0, 0.1) is 0 Å². The monoisotopic (exact) mass is 292 g/mol. The second-order valence-corrected chi connectivity index (χ2v) is 6.28. The Labute approximate surface area is 126 Å². The van der Waals surface area contributed by atoms with E-state index in [2.05, 4.69) is 26.1 Å². The highest BCUT2D eigenvalue weighted by molar-refractivity contribution is 5.90. The van der Waals surface area contributed by atoms with Gasteiger partial charge in [0.15, 0.2) is 6.29 Å². The van der Waals surface area contributed by atoms with E-state index >= 15 is 0 Å². The number of rotatable bonds is 3. The lowest BCUT2D eigenvalue weighted by molar-refractivity contribution is -0.0518. The van der Waals surface area contributed by atoms with E-state index in [-0.39, 0.29) is 17.7 Å². The largest absolute Gasteiger partial charge is 0.348 e. The first-order chi connectivity index (χ1) is 9.88. The van der Waals surface area contributed by atoms with Gasteiger partial charge < -0.3 is 19.7 Å². The standard InChI is InChI=1S/C16H24N2O3/c1-16(2,3)12-7-5-6-8-13(12)17-15(19)18(4)11-14-20-9-10-21-14/h5-8,14H,9-11H2,1-4H3,(H,17,19). The molecule has 0 spiro atoms. The summed E-state index contributed by atoms with van der Waals surface area (Å²) in [6.07, 6.45) is -0.321. The van der Waals surface area contributed by atoms with Crippen LogP contribution >= 0.6 is 0 Å². The van der Waals surface area contributed by atoms with Crippen molar-refractivity contribution in [3.05, 3.63) is 29.8 Å². The van der Waals surface area contributed by atoms with Crippen molar-refractivity contribution < 1.29 is 14.3 Å². The topological polar surface area (TPSA) is 50.8 Å². The van der Waals surface area contributed by atoms with Crippen LogP contribution in [-0.2, 0) is 14.9 Å². The molecule has 0 aliphatic carbocycles.